The molecule has 122 valence electrons. The largest absolute Gasteiger partial charge is 0.285 e. The number of aryl methyl sites for hydroxylation is 1. The highest BCUT2D eigenvalue weighted by Gasteiger charge is 2.79. The van der Waals surface area contributed by atoms with Crippen LogP contribution in [0.5, 0.6) is 0 Å². The van der Waals surface area contributed by atoms with Gasteiger partial charge in [-0.3, -0.25) is 29.0 Å². The summed E-state index contributed by atoms with van der Waals surface area (Å²) in [4.78, 5) is 51.8. The minimum Gasteiger partial charge on any atom is -0.285 e. The third-order valence-corrected chi connectivity index (χ3v) is 6.13. The number of rotatable bonds is 2. The molecule has 6 heteroatoms. The molecule has 2 saturated heterocycles. The van der Waals surface area contributed by atoms with Crippen molar-refractivity contribution in [1.29, 1.82) is 0 Å². The van der Waals surface area contributed by atoms with Crippen molar-refractivity contribution in [3.63, 3.8) is 0 Å². The molecule has 2 aliphatic carbocycles. The third-order valence-electron chi connectivity index (χ3n) is 6.13. The van der Waals surface area contributed by atoms with Gasteiger partial charge < -0.3 is 0 Å². The molecule has 24 heavy (non-hydrogen) atoms. The summed E-state index contributed by atoms with van der Waals surface area (Å²) in [5.74, 6) is -2.20. The number of nitrogens with zero attached hydrogens (tertiary/aromatic N) is 2. The molecule has 2 saturated carbocycles. The molecule has 6 nitrogen and oxygen atoms in total. The number of imide groups is 2. The number of fused-ring (bicyclic) bond motifs is 2. The van der Waals surface area contributed by atoms with Crippen molar-refractivity contribution in [3.05, 3.63) is 29.8 Å². The van der Waals surface area contributed by atoms with Crippen molar-refractivity contribution in [2.75, 3.05) is 11.9 Å². The molecular weight excluding hydrogens is 308 g/mol. The molecule has 4 aliphatic rings. The number of anilines is 1. The molecule has 0 bridgehead atoms. The van der Waals surface area contributed by atoms with Gasteiger partial charge in [-0.15, -0.1) is 0 Å². The Morgan fingerprint density at radius 3 is 1.58 bits per heavy atom. The van der Waals surface area contributed by atoms with Crippen LogP contribution in [0.1, 0.15) is 5.56 Å². The predicted molar refractivity (Wildman–Crippen MR) is 82.4 cm³/mol. The molecular formula is C18H16N2O4. The first-order valence-corrected chi connectivity index (χ1v) is 8.19. The molecule has 0 spiro atoms. The monoisotopic (exact) mass is 324 g/mol. The molecule has 2 heterocycles. The Kier molecular flexibility index (Phi) is 2.39. The summed E-state index contributed by atoms with van der Waals surface area (Å²) in [5, 5.41) is 0. The van der Waals surface area contributed by atoms with Gasteiger partial charge in [0.25, 0.3) is 0 Å². The number of hydrogen-bond acceptors (Lipinski definition) is 4. The van der Waals surface area contributed by atoms with E-state index in [1.54, 1.807) is 12.1 Å². The number of amides is 4. The zero-order valence-corrected chi connectivity index (χ0v) is 13.3. The summed E-state index contributed by atoms with van der Waals surface area (Å²) < 4.78 is 0. The van der Waals surface area contributed by atoms with Gasteiger partial charge in [-0.05, 0) is 30.9 Å². The zero-order valence-electron chi connectivity index (χ0n) is 13.3. The van der Waals surface area contributed by atoms with Crippen LogP contribution in [0.4, 0.5) is 5.69 Å². The number of carbonyl (C=O) groups excluding carboxylic acids is 4. The summed E-state index contributed by atoms with van der Waals surface area (Å²) >= 11 is 0. The first-order valence-electron chi connectivity index (χ1n) is 8.19. The van der Waals surface area contributed by atoms with E-state index in [-0.39, 0.29) is 59.1 Å². The lowest BCUT2D eigenvalue weighted by molar-refractivity contribution is -0.141. The Morgan fingerprint density at radius 1 is 0.708 bits per heavy atom. The van der Waals surface area contributed by atoms with E-state index < -0.39 is 0 Å². The van der Waals surface area contributed by atoms with Gasteiger partial charge in [-0.2, -0.15) is 0 Å². The van der Waals surface area contributed by atoms with Crippen molar-refractivity contribution in [1.82, 2.24) is 4.90 Å². The minimum atomic E-state index is -0.347. The number of likely N-dealkylation sites (tertiary alicyclic amines) is 1. The molecule has 0 aromatic heterocycles. The Labute approximate surface area is 138 Å². The Morgan fingerprint density at radius 2 is 1.12 bits per heavy atom. The van der Waals surface area contributed by atoms with Crippen LogP contribution >= 0.6 is 0 Å². The quantitative estimate of drug-likeness (QED) is 0.746. The second kappa shape index (κ2) is 4.12. The van der Waals surface area contributed by atoms with Gasteiger partial charge >= 0.3 is 0 Å². The number of hydrogen-bond donors (Lipinski definition) is 0. The molecule has 1 aromatic carbocycles. The maximum Gasteiger partial charge on any atom is 0.238 e. The van der Waals surface area contributed by atoms with Crippen LogP contribution in [-0.4, -0.2) is 35.6 Å². The Bertz CT molecular complexity index is 786. The molecule has 0 N–H and O–H groups in total. The molecule has 4 atom stereocenters. The second-order valence-electron chi connectivity index (χ2n) is 7.34. The van der Waals surface area contributed by atoms with Gasteiger partial charge in [-0.25, -0.2) is 0 Å². The number of carbonyl (C=O) groups is 4. The van der Waals surface area contributed by atoms with Crippen molar-refractivity contribution in [2.24, 2.45) is 35.5 Å². The van der Waals surface area contributed by atoms with Crippen LogP contribution in [-0.2, 0) is 19.2 Å². The van der Waals surface area contributed by atoms with Gasteiger partial charge in [0.1, 0.15) is 0 Å². The maximum atomic E-state index is 12.7. The molecule has 4 amide bonds. The summed E-state index contributed by atoms with van der Waals surface area (Å²) in [6.45, 7) is 1.95. The fourth-order valence-electron chi connectivity index (χ4n) is 4.81. The van der Waals surface area contributed by atoms with E-state index in [1.165, 1.54) is 16.8 Å². The molecule has 4 fully saturated rings. The Hall–Kier alpha value is -2.50. The average molecular weight is 324 g/mol. The van der Waals surface area contributed by atoms with E-state index in [1.807, 2.05) is 19.1 Å². The van der Waals surface area contributed by atoms with E-state index in [9.17, 15) is 19.2 Å². The third kappa shape index (κ3) is 1.46. The Balaban J connectivity index is 1.38. The van der Waals surface area contributed by atoms with Crippen LogP contribution < -0.4 is 4.90 Å². The lowest BCUT2D eigenvalue weighted by atomic mass is 10.1. The second-order valence-corrected chi connectivity index (χ2v) is 7.34. The van der Waals surface area contributed by atoms with E-state index in [0.717, 1.165) is 5.56 Å². The van der Waals surface area contributed by atoms with Crippen LogP contribution in [0.15, 0.2) is 24.3 Å². The van der Waals surface area contributed by atoms with Crippen LogP contribution in [0.25, 0.3) is 0 Å². The van der Waals surface area contributed by atoms with Crippen LogP contribution in [0.3, 0.4) is 0 Å². The molecule has 5 rings (SSSR count). The highest BCUT2D eigenvalue weighted by molar-refractivity contribution is 6.25. The van der Waals surface area contributed by atoms with E-state index in [0.29, 0.717) is 5.69 Å². The molecule has 1 aromatic rings. The van der Waals surface area contributed by atoms with Gasteiger partial charge in [-0.1, -0.05) is 17.7 Å². The standard InChI is InChI=1S/C18H16N2O4/c1-7-3-5-8(6-4-7)20-17(23)13-10(14(13)18(20)24)9-11-12(9)16(22)19(2)15(11)21/h3-6,9-14H,1-2H3. The van der Waals surface area contributed by atoms with E-state index >= 15 is 0 Å². The number of benzene rings is 1. The topological polar surface area (TPSA) is 74.8 Å². The summed E-state index contributed by atoms with van der Waals surface area (Å²) in [6, 6.07) is 7.29. The zero-order chi connectivity index (χ0) is 16.9. The van der Waals surface area contributed by atoms with Gasteiger partial charge in [0.15, 0.2) is 0 Å². The van der Waals surface area contributed by atoms with E-state index in [2.05, 4.69) is 0 Å². The van der Waals surface area contributed by atoms with Crippen molar-refractivity contribution in [2.45, 2.75) is 6.92 Å². The first kappa shape index (κ1) is 13.9. The fourth-order valence-corrected chi connectivity index (χ4v) is 4.81. The molecule has 2 aliphatic heterocycles. The van der Waals surface area contributed by atoms with Crippen molar-refractivity contribution in [3.8, 4) is 0 Å². The normalized spacial score (nSPS) is 39.4. The fraction of sp³-hybridized carbons (Fsp3) is 0.444. The SMILES string of the molecule is Cc1ccc(N2C(=O)C3C(C2=O)C3C2C3C(=O)N(C)C(=O)C32)cc1. The average Bonchev–Trinajstić information content (AvgIpc) is 3.41. The van der Waals surface area contributed by atoms with Crippen LogP contribution in [0, 0.1) is 42.4 Å². The van der Waals surface area contributed by atoms with Gasteiger partial charge in [0, 0.05) is 7.05 Å². The highest BCUT2D eigenvalue weighted by atomic mass is 16.2. The van der Waals surface area contributed by atoms with Gasteiger partial charge in [0.05, 0.1) is 29.4 Å². The summed E-state index contributed by atoms with van der Waals surface area (Å²) in [5.41, 5.74) is 1.66. The number of piperidine rings is 2. The minimum absolute atomic E-state index is 0.107. The van der Waals surface area contributed by atoms with Crippen molar-refractivity contribution >= 4 is 29.3 Å². The smallest absolute Gasteiger partial charge is 0.238 e. The van der Waals surface area contributed by atoms with Crippen LogP contribution in [0.2, 0.25) is 0 Å². The highest BCUT2D eigenvalue weighted by Crippen LogP contribution is 2.69. The summed E-state index contributed by atoms with van der Waals surface area (Å²) in [7, 11) is 1.50. The predicted octanol–water partition coefficient (Wildman–Crippen LogP) is 0.591. The first-order chi connectivity index (χ1) is 11.4. The van der Waals surface area contributed by atoms with Gasteiger partial charge in [0.2, 0.25) is 23.6 Å². The molecule has 4 unspecified atom stereocenters. The lowest BCUT2D eigenvalue weighted by Crippen LogP contribution is -2.36. The molecule has 0 radical (unpaired) electrons. The summed E-state index contributed by atoms with van der Waals surface area (Å²) in [6.07, 6.45) is 0. The van der Waals surface area contributed by atoms with E-state index in [4.69, 9.17) is 0 Å². The van der Waals surface area contributed by atoms with Crippen molar-refractivity contribution < 1.29 is 19.2 Å². The maximum absolute atomic E-state index is 12.7. The lowest BCUT2D eigenvalue weighted by Gasteiger charge is -2.19.